The van der Waals surface area contributed by atoms with Gasteiger partial charge in [-0.3, -0.25) is 4.79 Å². The van der Waals surface area contributed by atoms with E-state index in [1.54, 1.807) is 14.2 Å². The molecular weight excluding hydrogens is 452 g/mol. The van der Waals surface area contributed by atoms with Crippen molar-refractivity contribution < 1.29 is 19.0 Å². The van der Waals surface area contributed by atoms with Crippen LogP contribution in [0.4, 0.5) is 0 Å². The molecule has 6 heteroatoms. The highest BCUT2D eigenvalue weighted by molar-refractivity contribution is 6.14. The minimum Gasteiger partial charge on any atom is -0.497 e. The number of ketones is 1. The second-order valence-corrected chi connectivity index (χ2v) is 9.08. The molecule has 0 spiro atoms. The average Bonchev–Trinajstić information content (AvgIpc) is 3.45. The molecule has 1 aliphatic carbocycles. The fourth-order valence-corrected chi connectivity index (χ4v) is 5.24. The molecule has 0 atom stereocenters. The van der Waals surface area contributed by atoms with Crippen molar-refractivity contribution in [2.75, 3.05) is 14.2 Å². The van der Waals surface area contributed by atoms with Crippen LogP contribution in [-0.2, 0) is 16.9 Å². The molecule has 180 valence electrons. The van der Waals surface area contributed by atoms with E-state index in [2.05, 4.69) is 0 Å². The fourth-order valence-electron chi connectivity index (χ4n) is 5.24. The highest BCUT2D eigenvalue weighted by atomic mass is 16.5. The van der Waals surface area contributed by atoms with Gasteiger partial charge in [-0.05, 0) is 79.9 Å². The molecule has 0 N–H and O–H groups in total. The van der Waals surface area contributed by atoms with Gasteiger partial charge in [0.1, 0.15) is 17.2 Å². The minimum absolute atomic E-state index is 0.0116. The number of hydrogen-bond donors (Lipinski definition) is 0. The predicted molar refractivity (Wildman–Crippen MR) is 136 cm³/mol. The van der Waals surface area contributed by atoms with E-state index in [9.17, 15) is 4.79 Å². The van der Waals surface area contributed by atoms with Crippen molar-refractivity contribution in [2.24, 2.45) is 0 Å². The summed E-state index contributed by atoms with van der Waals surface area (Å²) in [5.41, 5.74) is 4.79. The number of ether oxygens (including phenoxy) is 3. The summed E-state index contributed by atoms with van der Waals surface area (Å²) in [6.45, 7) is 1.96. The third-order valence-corrected chi connectivity index (χ3v) is 7.03. The van der Waals surface area contributed by atoms with Crippen molar-refractivity contribution in [3.63, 3.8) is 0 Å². The highest BCUT2D eigenvalue weighted by Gasteiger charge is 2.49. The lowest BCUT2D eigenvalue weighted by atomic mass is 9.86. The summed E-state index contributed by atoms with van der Waals surface area (Å²) >= 11 is 0. The Morgan fingerprint density at radius 1 is 0.861 bits per heavy atom. The SMILES string of the molecule is COc1ccc(C2(c3ccc(OC)cc3)O/C(=C3\CCc4ccccc4C3=O)c3cc(C)nn32)cc1. The summed E-state index contributed by atoms with van der Waals surface area (Å²) in [4.78, 5) is 13.7. The van der Waals surface area contributed by atoms with Crippen molar-refractivity contribution in [1.82, 2.24) is 9.78 Å². The van der Waals surface area contributed by atoms with Crippen LogP contribution in [0, 0.1) is 6.92 Å². The van der Waals surface area contributed by atoms with Crippen LogP contribution in [0.15, 0.2) is 84.4 Å². The molecule has 6 rings (SSSR count). The van der Waals surface area contributed by atoms with Crippen LogP contribution in [-0.4, -0.2) is 29.8 Å². The zero-order valence-electron chi connectivity index (χ0n) is 20.4. The van der Waals surface area contributed by atoms with E-state index >= 15 is 0 Å². The summed E-state index contributed by atoms with van der Waals surface area (Å²) in [5.74, 6) is 2.09. The van der Waals surface area contributed by atoms with E-state index in [-0.39, 0.29) is 5.78 Å². The molecule has 2 heterocycles. The standard InChI is InChI=1S/C30H26N2O4/c1-19-18-27-29(26-17-8-20-6-4-5-7-25(20)28(26)33)36-30(32(27)31-19,21-9-13-23(34-2)14-10-21)22-11-15-24(35-3)16-12-22/h4-7,9-16,18H,8,17H2,1-3H3/b29-26+. The molecule has 0 fully saturated rings. The van der Waals surface area contributed by atoms with Crippen LogP contribution >= 0.6 is 0 Å². The molecule has 1 aliphatic heterocycles. The number of aryl methyl sites for hydroxylation is 2. The number of benzene rings is 3. The van der Waals surface area contributed by atoms with E-state index in [0.29, 0.717) is 17.8 Å². The number of hydrogen-bond acceptors (Lipinski definition) is 5. The van der Waals surface area contributed by atoms with Gasteiger partial charge in [-0.2, -0.15) is 5.10 Å². The number of rotatable bonds is 4. The van der Waals surface area contributed by atoms with Gasteiger partial charge in [-0.1, -0.05) is 24.3 Å². The van der Waals surface area contributed by atoms with Crippen LogP contribution in [0.2, 0.25) is 0 Å². The Morgan fingerprint density at radius 2 is 1.47 bits per heavy atom. The number of aromatic nitrogens is 2. The van der Waals surface area contributed by atoms with Gasteiger partial charge in [0, 0.05) is 22.3 Å². The second-order valence-electron chi connectivity index (χ2n) is 9.08. The van der Waals surface area contributed by atoms with Gasteiger partial charge < -0.3 is 14.2 Å². The Morgan fingerprint density at radius 3 is 2.08 bits per heavy atom. The smallest absolute Gasteiger partial charge is 0.254 e. The van der Waals surface area contributed by atoms with E-state index in [0.717, 1.165) is 51.6 Å². The zero-order chi connectivity index (χ0) is 24.9. The molecule has 2 aliphatic rings. The van der Waals surface area contributed by atoms with E-state index < -0.39 is 5.72 Å². The van der Waals surface area contributed by atoms with Crippen molar-refractivity contribution in [1.29, 1.82) is 0 Å². The van der Waals surface area contributed by atoms with Gasteiger partial charge in [-0.25, -0.2) is 4.68 Å². The highest BCUT2D eigenvalue weighted by Crippen LogP contribution is 2.49. The molecule has 1 aromatic heterocycles. The quantitative estimate of drug-likeness (QED) is 0.361. The summed E-state index contributed by atoms with van der Waals surface area (Å²) in [7, 11) is 3.29. The lowest BCUT2D eigenvalue weighted by Crippen LogP contribution is -2.36. The van der Waals surface area contributed by atoms with Crippen molar-refractivity contribution in [3.8, 4) is 11.5 Å². The number of carbonyl (C=O) groups is 1. The molecule has 0 unspecified atom stereocenters. The monoisotopic (exact) mass is 478 g/mol. The zero-order valence-corrected chi connectivity index (χ0v) is 20.4. The number of methoxy groups -OCH3 is 2. The first-order chi connectivity index (χ1) is 17.5. The fraction of sp³-hybridized carbons (Fsp3) is 0.200. The van der Waals surface area contributed by atoms with Crippen molar-refractivity contribution >= 4 is 11.5 Å². The lowest BCUT2D eigenvalue weighted by Gasteiger charge is -2.31. The normalized spacial score (nSPS) is 17.8. The first kappa shape index (κ1) is 22.2. The molecule has 6 nitrogen and oxygen atoms in total. The Hall–Kier alpha value is -4.32. The van der Waals surface area contributed by atoms with Crippen LogP contribution < -0.4 is 9.47 Å². The largest absolute Gasteiger partial charge is 0.497 e. The van der Waals surface area contributed by atoms with Gasteiger partial charge in [0.15, 0.2) is 11.5 Å². The maximum Gasteiger partial charge on any atom is 0.254 e. The summed E-state index contributed by atoms with van der Waals surface area (Å²) in [6, 6.07) is 25.4. The van der Waals surface area contributed by atoms with E-state index in [4.69, 9.17) is 19.3 Å². The lowest BCUT2D eigenvalue weighted by molar-refractivity contribution is 0.0612. The molecule has 0 saturated heterocycles. The van der Waals surface area contributed by atoms with Crippen molar-refractivity contribution in [3.05, 3.63) is 118 Å². The Labute approximate surface area is 209 Å². The van der Waals surface area contributed by atoms with E-state index in [1.165, 1.54) is 0 Å². The van der Waals surface area contributed by atoms with Crippen molar-refractivity contribution in [2.45, 2.75) is 25.5 Å². The molecule has 3 aromatic carbocycles. The number of nitrogens with zero attached hydrogens (tertiary/aromatic N) is 2. The molecule has 0 saturated carbocycles. The first-order valence-electron chi connectivity index (χ1n) is 12.0. The molecular formula is C30H26N2O4. The number of fused-ring (bicyclic) bond motifs is 2. The summed E-state index contributed by atoms with van der Waals surface area (Å²) in [6.07, 6.45) is 1.39. The van der Waals surface area contributed by atoms with Crippen LogP contribution in [0.25, 0.3) is 5.76 Å². The molecule has 0 bridgehead atoms. The van der Waals surface area contributed by atoms with E-state index in [1.807, 2.05) is 90.5 Å². The summed E-state index contributed by atoms with van der Waals surface area (Å²) in [5, 5.41) is 4.88. The minimum atomic E-state index is -1.10. The van der Waals surface area contributed by atoms with Crippen LogP contribution in [0.1, 0.15) is 44.9 Å². The maximum atomic E-state index is 13.7. The van der Waals surface area contributed by atoms with Gasteiger partial charge >= 0.3 is 0 Å². The average molecular weight is 479 g/mol. The molecule has 36 heavy (non-hydrogen) atoms. The Balaban J connectivity index is 1.59. The van der Waals surface area contributed by atoms with Gasteiger partial charge in [0.05, 0.1) is 19.9 Å². The number of Topliss-reactive ketones (excluding diaryl/α,β-unsaturated/α-hetero) is 1. The third kappa shape index (κ3) is 3.25. The number of carbonyl (C=O) groups excluding carboxylic acids is 1. The van der Waals surface area contributed by atoms with Crippen LogP contribution in [0.3, 0.4) is 0 Å². The second kappa shape index (κ2) is 8.41. The molecule has 0 amide bonds. The van der Waals surface area contributed by atoms with Gasteiger partial charge in [-0.15, -0.1) is 0 Å². The molecule has 0 radical (unpaired) electrons. The van der Waals surface area contributed by atoms with Gasteiger partial charge in [0.25, 0.3) is 5.72 Å². The maximum absolute atomic E-state index is 13.7. The molecule has 4 aromatic rings. The van der Waals surface area contributed by atoms with Crippen LogP contribution in [0.5, 0.6) is 11.5 Å². The Kier molecular flexibility index (Phi) is 5.18. The summed E-state index contributed by atoms with van der Waals surface area (Å²) < 4.78 is 19.6. The predicted octanol–water partition coefficient (Wildman–Crippen LogP) is 5.53. The topological polar surface area (TPSA) is 62.6 Å². The van der Waals surface area contributed by atoms with Gasteiger partial charge in [0.2, 0.25) is 0 Å². The Bertz CT molecular complexity index is 1450. The first-order valence-corrected chi connectivity index (χ1v) is 12.0. The number of allylic oxidation sites excluding steroid dienone is 1. The third-order valence-electron chi connectivity index (χ3n) is 7.03.